The Balaban J connectivity index is 1.65. The predicted molar refractivity (Wildman–Crippen MR) is 74.3 cm³/mol. The summed E-state index contributed by atoms with van der Waals surface area (Å²) in [7, 11) is 0. The molecule has 0 spiro atoms. The fourth-order valence-corrected chi connectivity index (χ4v) is 2.53. The largest absolute Gasteiger partial charge is 0.314 e. The second-order valence-corrected chi connectivity index (χ2v) is 6.52. The van der Waals surface area contributed by atoms with Crippen LogP contribution in [0.2, 0.25) is 0 Å². The number of rotatable bonds is 9. The van der Waals surface area contributed by atoms with Crippen LogP contribution in [-0.2, 0) is 0 Å². The highest BCUT2D eigenvalue weighted by Crippen LogP contribution is 2.30. The van der Waals surface area contributed by atoms with Crippen LogP contribution >= 0.6 is 0 Å². The molecule has 17 heavy (non-hydrogen) atoms. The van der Waals surface area contributed by atoms with Gasteiger partial charge in [-0.3, -0.25) is 4.90 Å². The Labute approximate surface area is 107 Å². The summed E-state index contributed by atoms with van der Waals surface area (Å²) >= 11 is 0. The van der Waals surface area contributed by atoms with Crippen LogP contribution in [0.1, 0.15) is 59.3 Å². The third kappa shape index (κ3) is 4.97. The van der Waals surface area contributed by atoms with Crippen LogP contribution in [-0.4, -0.2) is 36.1 Å². The van der Waals surface area contributed by atoms with Gasteiger partial charge in [0, 0.05) is 18.1 Å². The summed E-state index contributed by atoms with van der Waals surface area (Å²) in [6, 6.07) is 2.56. The van der Waals surface area contributed by atoms with E-state index in [1.54, 1.807) is 0 Å². The van der Waals surface area contributed by atoms with E-state index in [0.717, 1.165) is 24.0 Å². The maximum absolute atomic E-state index is 3.64. The molecule has 2 rings (SSSR count). The van der Waals surface area contributed by atoms with Crippen molar-refractivity contribution in [3.8, 4) is 0 Å². The first-order valence-electron chi connectivity index (χ1n) is 7.66. The molecule has 1 N–H and O–H groups in total. The zero-order valence-electron chi connectivity index (χ0n) is 11.9. The quantitative estimate of drug-likeness (QED) is 0.664. The van der Waals surface area contributed by atoms with Crippen molar-refractivity contribution >= 4 is 0 Å². The van der Waals surface area contributed by atoms with E-state index >= 15 is 0 Å². The van der Waals surface area contributed by atoms with Crippen molar-refractivity contribution in [1.29, 1.82) is 0 Å². The molecular formula is C15H30N2. The summed E-state index contributed by atoms with van der Waals surface area (Å²) in [4.78, 5) is 2.77. The van der Waals surface area contributed by atoms with Crippen LogP contribution in [0.4, 0.5) is 0 Å². The van der Waals surface area contributed by atoms with E-state index in [1.807, 2.05) is 0 Å². The van der Waals surface area contributed by atoms with Gasteiger partial charge in [-0.05, 0) is 64.5 Å². The van der Waals surface area contributed by atoms with Gasteiger partial charge in [0.05, 0.1) is 0 Å². The van der Waals surface area contributed by atoms with Crippen LogP contribution in [0, 0.1) is 5.92 Å². The van der Waals surface area contributed by atoms with Crippen molar-refractivity contribution in [2.24, 2.45) is 5.92 Å². The Hall–Kier alpha value is -0.0800. The van der Waals surface area contributed by atoms with Gasteiger partial charge in [0.25, 0.3) is 0 Å². The summed E-state index contributed by atoms with van der Waals surface area (Å²) in [6.07, 6.45) is 8.39. The summed E-state index contributed by atoms with van der Waals surface area (Å²) in [6.45, 7) is 9.63. The minimum atomic E-state index is 0.771. The van der Waals surface area contributed by atoms with E-state index in [1.165, 1.54) is 51.6 Å². The van der Waals surface area contributed by atoms with Gasteiger partial charge in [0.2, 0.25) is 0 Å². The lowest BCUT2D eigenvalue weighted by atomic mass is 10.1. The molecular weight excluding hydrogens is 208 g/mol. The van der Waals surface area contributed by atoms with Gasteiger partial charge in [-0.25, -0.2) is 0 Å². The Morgan fingerprint density at radius 3 is 2.29 bits per heavy atom. The third-order valence-electron chi connectivity index (χ3n) is 4.12. The normalized spacial score (nSPS) is 22.4. The number of hydrogen-bond acceptors (Lipinski definition) is 2. The van der Waals surface area contributed by atoms with Gasteiger partial charge >= 0.3 is 0 Å². The van der Waals surface area contributed by atoms with Crippen LogP contribution in [0.5, 0.6) is 0 Å². The van der Waals surface area contributed by atoms with Gasteiger partial charge in [0.1, 0.15) is 0 Å². The molecule has 0 aliphatic heterocycles. The second-order valence-electron chi connectivity index (χ2n) is 6.52. The van der Waals surface area contributed by atoms with E-state index in [-0.39, 0.29) is 0 Å². The van der Waals surface area contributed by atoms with Gasteiger partial charge in [-0.15, -0.1) is 0 Å². The Kier molecular flexibility index (Phi) is 4.87. The monoisotopic (exact) mass is 238 g/mol. The van der Waals surface area contributed by atoms with Crippen LogP contribution in [0.25, 0.3) is 0 Å². The van der Waals surface area contributed by atoms with Gasteiger partial charge in [-0.1, -0.05) is 13.8 Å². The zero-order valence-corrected chi connectivity index (χ0v) is 11.9. The molecule has 2 fully saturated rings. The SMILES string of the molecule is CC(C)CCN(C(C)CCNC1CC1)C1CC1. The number of nitrogens with one attached hydrogen (secondary N) is 1. The second kappa shape index (κ2) is 6.19. The molecule has 1 unspecified atom stereocenters. The summed E-state index contributed by atoms with van der Waals surface area (Å²) in [5, 5.41) is 3.64. The molecule has 2 aliphatic rings. The molecule has 2 aliphatic carbocycles. The molecule has 0 aromatic heterocycles. The molecule has 0 radical (unpaired) electrons. The van der Waals surface area contributed by atoms with Gasteiger partial charge in [0.15, 0.2) is 0 Å². The molecule has 0 heterocycles. The van der Waals surface area contributed by atoms with Gasteiger partial charge in [-0.2, -0.15) is 0 Å². The molecule has 0 saturated heterocycles. The molecule has 1 atom stereocenters. The lowest BCUT2D eigenvalue weighted by Gasteiger charge is -2.30. The van der Waals surface area contributed by atoms with Crippen molar-refractivity contribution < 1.29 is 0 Å². The van der Waals surface area contributed by atoms with Crippen molar-refractivity contribution in [3.63, 3.8) is 0 Å². The Bertz CT molecular complexity index is 219. The smallest absolute Gasteiger partial charge is 0.00992 e. The molecule has 0 aromatic rings. The zero-order chi connectivity index (χ0) is 12.3. The number of hydrogen-bond donors (Lipinski definition) is 1. The van der Waals surface area contributed by atoms with Crippen molar-refractivity contribution in [1.82, 2.24) is 10.2 Å². The number of nitrogens with zero attached hydrogens (tertiary/aromatic N) is 1. The molecule has 2 nitrogen and oxygen atoms in total. The topological polar surface area (TPSA) is 15.3 Å². The fraction of sp³-hybridized carbons (Fsp3) is 1.00. The van der Waals surface area contributed by atoms with E-state index in [9.17, 15) is 0 Å². The summed E-state index contributed by atoms with van der Waals surface area (Å²) < 4.78 is 0. The minimum absolute atomic E-state index is 0.771. The minimum Gasteiger partial charge on any atom is -0.314 e. The average molecular weight is 238 g/mol. The molecule has 0 bridgehead atoms. The van der Waals surface area contributed by atoms with Crippen molar-refractivity contribution in [2.45, 2.75) is 77.4 Å². The lowest BCUT2D eigenvalue weighted by molar-refractivity contribution is 0.179. The van der Waals surface area contributed by atoms with Crippen LogP contribution in [0.3, 0.4) is 0 Å². The average Bonchev–Trinajstić information content (AvgIpc) is 3.12. The standard InChI is InChI=1S/C15H30N2/c1-12(2)9-11-17(15-6-7-15)13(3)8-10-16-14-4-5-14/h12-16H,4-11H2,1-3H3. The lowest BCUT2D eigenvalue weighted by Crippen LogP contribution is -2.38. The first kappa shape index (κ1) is 13.4. The maximum Gasteiger partial charge on any atom is 0.00992 e. The van der Waals surface area contributed by atoms with Gasteiger partial charge < -0.3 is 5.32 Å². The summed E-state index contributed by atoms with van der Waals surface area (Å²) in [5.41, 5.74) is 0. The van der Waals surface area contributed by atoms with Crippen LogP contribution < -0.4 is 5.32 Å². The van der Waals surface area contributed by atoms with E-state index in [2.05, 4.69) is 31.0 Å². The first-order chi connectivity index (χ1) is 8.16. The highest BCUT2D eigenvalue weighted by atomic mass is 15.2. The summed E-state index contributed by atoms with van der Waals surface area (Å²) in [5.74, 6) is 0.841. The first-order valence-corrected chi connectivity index (χ1v) is 7.66. The highest BCUT2D eigenvalue weighted by Gasteiger charge is 2.31. The van der Waals surface area contributed by atoms with Crippen LogP contribution in [0.15, 0.2) is 0 Å². The molecule has 2 heteroatoms. The van der Waals surface area contributed by atoms with E-state index in [0.29, 0.717) is 0 Å². The molecule has 0 aromatic carbocycles. The van der Waals surface area contributed by atoms with Crippen molar-refractivity contribution in [2.75, 3.05) is 13.1 Å². The molecule has 2 saturated carbocycles. The fourth-order valence-electron chi connectivity index (χ4n) is 2.53. The third-order valence-corrected chi connectivity index (χ3v) is 4.12. The maximum atomic E-state index is 3.64. The predicted octanol–water partition coefficient (Wildman–Crippen LogP) is 3.03. The van der Waals surface area contributed by atoms with Crippen molar-refractivity contribution in [3.05, 3.63) is 0 Å². The highest BCUT2D eigenvalue weighted by molar-refractivity contribution is 4.88. The van der Waals surface area contributed by atoms with E-state index < -0.39 is 0 Å². The molecule has 100 valence electrons. The Morgan fingerprint density at radius 2 is 1.76 bits per heavy atom. The Morgan fingerprint density at radius 1 is 1.06 bits per heavy atom. The van der Waals surface area contributed by atoms with E-state index in [4.69, 9.17) is 0 Å². The molecule has 0 amide bonds.